The van der Waals surface area contributed by atoms with Crippen molar-refractivity contribution in [2.75, 3.05) is 14.2 Å². The maximum atomic E-state index is 13.2. The SMILES string of the molecule is C=CC[C@]12C[C@H](OC)C(=O)[C@H](C1=O)[C@H](c1ccc(O)c(OC)c1)[C@H]2C. The van der Waals surface area contributed by atoms with Gasteiger partial charge in [-0.25, -0.2) is 0 Å². The van der Waals surface area contributed by atoms with Crippen molar-refractivity contribution in [2.45, 2.75) is 31.8 Å². The lowest BCUT2D eigenvalue weighted by atomic mass is 9.67. The summed E-state index contributed by atoms with van der Waals surface area (Å²) in [6, 6.07) is 5.04. The number of allylic oxidation sites excluding steroid dienone is 1. The number of hydrogen-bond donors (Lipinski definition) is 1. The van der Waals surface area contributed by atoms with E-state index in [1.165, 1.54) is 14.2 Å². The fourth-order valence-electron chi connectivity index (χ4n) is 4.76. The zero-order valence-corrected chi connectivity index (χ0v) is 14.8. The van der Waals surface area contributed by atoms with Crippen molar-refractivity contribution in [1.29, 1.82) is 0 Å². The second-order valence-corrected chi connectivity index (χ2v) is 7.07. The number of ether oxygens (including phenoxy) is 2. The molecule has 5 atom stereocenters. The molecule has 2 fully saturated rings. The van der Waals surface area contributed by atoms with Gasteiger partial charge in [-0.1, -0.05) is 19.1 Å². The second kappa shape index (κ2) is 6.30. The number of hydrogen-bond acceptors (Lipinski definition) is 5. The number of fused-ring (bicyclic) bond motifs is 2. The Morgan fingerprint density at radius 3 is 2.68 bits per heavy atom. The van der Waals surface area contributed by atoms with Gasteiger partial charge in [-0.3, -0.25) is 9.59 Å². The largest absolute Gasteiger partial charge is 0.504 e. The number of ketones is 2. The number of carbonyl (C=O) groups excluding carboxylic acids is 2. The van der Waals surface area contributed by atoms with Crippen molar-refractivity contribution < 1.29 is 24.2 Å². The summed E-state index contributed by atoms with van der Waals surface area (Å²) < 4.78 is 10.6. The molecule has 0 heterocycles. The predicted molar refractivity (Wildman–Crippen MR) is 92.7 cm³/mol. The van der Waals surface area contributed by atoms with E-state index in [1.54, 1.807) is 24.3 Å². The topological polar surface area (TPSA) is 72.8 Å². The van der Waals surface area contributed by atoms with Crippen LogP contribution in [0.25, 0.3) is 0 Å². The summed E-state index contributed by atoms with van der Waals surface area (Å²) in [5.41, 5.74) is 0.202. The molecule has 5 heteroatoms. The molecule has 0 aromatic heterocycles. The highest BCUT2D eigenvalue weighted by atomic mass is 16.5. The molecular formula is C20H24O5. The molecule has 0 radical (unpaired) electrons. The monoisotopic (exact) mass is 344 g/mol. The summed E-state index contributed by atoms with van der Waals surface area (Å²) in [5.74, 6) is -0.789. The quantitative estimate of drug-likeness (QED) is 0.657. The van der Waals surface area contributed by atoms with Gasteiger partial charge < -0.3 is 14.6 Å². The molecule has 25 heavy (non-hydrogen) atoms. The number of rotatable bonds is 5. The molecule has 1 aromatic rings. The van der Waals surface area contributed by atoms with E-state index < -0.39 is 17.4 Å². The van der Waals surface area contributed by atoms with Crippen molar-refractivity contribution in [3.05, 3.63) is 36.4 Å². The van der Waals surface area contributed by atoms with E-state index in [1.807, 2.05) is 6.92 Å². The first-order valence-electron chi connectivity index (χ1n) is 8.50. The van der Waals surface area contributed by atoms with Gasteiger partial charge in [0.15, 0.2) is 23.1 Å². The number of phenols is 1. The Labute approximate surface area is 147 Å². The third kappa shape index (κ3) is 2.41. The normalized spacial score (nSPS) is 34.2. The van der Waals surface area contributed by atoms with E-state index in [-0.39, 0.29) is 29.2 Å². The van der Waals surface area contributed by atoms with Crippen molar-refractivity contribution in [3.63, 3.8) is 0 Å². The van der Waals surface area contributed by atoms with E-state index in [9.17, 15) is 14.7 Å². The van der Waals surface area contributed by atoms with Gasteiger partial charge in [0, 0.05) is 18.4 Å². The van der Waals surface area contributed by atoms with Crippen LogP contribution in [0.15, 0.2) is 30.9 Å². The third-order valence-corrected chi connectivity index (χ3v) is 6.10. The average Bonchev–Trinajstić information content (AvgIpc) is 2.75. The summed E-state index contributed by atoms with van der Waals surface area (Å²) in [7, 11) is 2.99. The molecule has 0 amide bonds. The van der Waals surface area contributed by atoms with Crippen LogP contribution in [0.2, 0.25) is 0 Å². The van der Waals surface area contributed by atoms with Crippen LogP contribution in [0.5, 0.6) is 11.5 Å². The van der Waals surface area contributed by atoms with Gasteiger partial charge in [0.25, 0.3) is 0 Å². The van der Waals surface area contributed by atoms with Gasteiger partial charge in [0.05, 0.1) is 13.0 Å². The molecule has 3 rings (SSSR count). The minimum Gasteiger partial charge on any atom is -0.504 e. The fraction of sp³-hybridized carbons (Fsp3) is 0.500. The molecule has 1 aromatic carbocycles. The average molecular weight is 344 g/mol. The van der Waals surface area contributed by atoms with Gasteiger partial charge >= 0.3 is 0 Å². The van der Waals surface area contributed by atoms with Gasteiger partial charge in [0.2, 0.25) is 0 Å². The second-order valence-electron chi connectivity index (χ2n) is 7.07. The molecule has 0 aliphatic heterocycles. The van der Waals surface area contributed by atoms with Gasteiger partial charge in [-0.15, -0.1) is 6.58 Å². The lowest BCUT2D eigenvalue weighted by Gasteiger charge is -2.36. The summed E-state index contributed by atoms with van der Waals surface area (Å²) in [6.45, 7) is 5.84. The van der Waals surface area contributed by atoms with Gasteiger partial charge in [-0.05, 0) is 36.5 Å². The maximum absolute atomic E-state index is 13.2. The van der Waals surface area contributed by atoms with Crippen LogP contribution in [0.4, 0.5) is 0 Å². The number of carbonyl (C=O) groups is 2. The summed E-state index contributed by atoms with van der Waals surface area (Å²) in [4.78, 5) is 26.1. The van der Waals surface area contributed by atoms with Crippen LogP contribution in [0.1, 0.15) is 31.2 Å². The standard InChI is InChI=1S/C20H24O5/c1-5-8-20-10-15(25-4)18(22)17(19(20)23)16(11(20)2)12-6-7-13(21)14(9-12)24-3/h5-7,9,11,15-17,21H,1,8,10H2,2-4H3/t11-,15+,16+,17-,20-/m1/s1. The van der Waals surface area contributed by atoms with Crippen molar-refractivity contribution in [1.82, 2.24) is 0 Å². The molecule has 0 saturated heterocycles. The molecular weight excluding hydrogens is 320 g/mol. The van der Waals surface area contributed by atoms with Gasteiger partial charge in [0.1, 0.15) is 6.10 Å². The first-order chi connectivity index (χ1) is 11.9. The Bertz CT molecular complexity index is 725. The molecule has 2 bridgehead atoms. The first-order valence-corrected chi connectivity index (χ1v) is 8.50. The predicted octanol–water partition coefficient (Wildman–Crippen LogP) is 2.87. The van der Waals surface area contributed by atoms with E-state index in [4.69, 9.17) is 9.47 Å². The zero-order valence-electron chi connectivity index (χ0n) is 14.8. The lowest BCUT2D eigenvalue weighted by Crippen LogP contribution is -2.47. The van der Waals surface area contributed by atoms with Crippen LogP contribution in [0, 0.1) is 17.3 Å². The Morgan fingerprint density at radius 1 is 1.36 bits per heavy atom. The van der Waals surface area contributed by atoms with Crippen LogP contribution < -0.4 is 4.74 Å². The van der Waals surface area contributed by atoms with Crippen molar-refractivity contribution in [2.24, 2.45) is 17.3 Å². The number of phenolic OH excluding ortho intramolecular Hbond substituents is 1. The molecule has 134 valence electrons. The van der Waals surface area contributed by atoms with Crippen molar-refractivity contribution in [3.8, 4) is 11.5 Å². The number of Topliss-reactive ketones (excluding diaryl/α,β-unsaturated/α-hetero) is 2. The van der Waals surface area contributed by atoms with Crippen molar-refractivity contribution >= 4 is 11.6 Å². The molecule has 2 saturated carbocycles. The van der Waals surface area contributed by atoms with E-state index in [0.29, 0.717) is 18.6 Å². The molecule has 1 N–H and O–H groups in total. The highest BCUT2D eigenvalue weighted by Gasteiger charge is 2.65. The van der Waals surface area contributed by atoms with Crippen LogP contribution >= 0.6 is 0 Å². The number of benzene rings is 1. The maximum Gasteiger partial charge on any atom is 0.172 e. The Hall–Kier alpha value is -2.14. The lowest BCUT2D eigenvalue weighted by molar-refractivity contribution is -0.149. The minimum atomic E-state index is -0.720. The van der Waals surface area contributed by atoms with E-state index in [2.05, 4.69) is 6.58 Å². The van der Waals surface area contributed by atoms with Crippen LogP contribution in [-0.4, -0.2) is 37.0 Å². The smallest absolute Gasteiger partial charge is 0.172 e. The minimum absolute atomic E-state index is 0.00441. The number of aromatic hydroxyl groups is 1. The van der Waals surface area contributed by atoms with Crippen LogP contribution in [-0.2, 0) is 14.3 Å². The Kier molecular flexibility index (Phi) is 4.45. The van der Waals surface area contributed by atoms with E-state index >= 15 is 0 Å². The summed E-state index contributed by atoms with van der Waals surface area (Å²) in [5, 5.41) is 9.86. The molecule has 2 aliphatic carbocycles. The highest BCUT2D eigenvalue weighted by Crippen LogP contribution is 2.60. The molecule has 0 spiro atoms. The summed E-state index contributed by atoms with van der Waals surface area (Å²) >= 11 is 0. The third-order valence-electron chi connectivity index (χ3n) is 6.10. The summed E-state index contributed by atoms with van der Waals surface area (Å²) in [6.07, 6.45) is 2.13. The molecule has 5 nitrogen and oxygen atoms in total. The molecule has 2 aliphatic rings. The highest BCUT2D eigenvalue weighted by molar-refractivity contribution is 6.12. The first kappa shape index (κ1) is 17.7. The molecule has 0 unspecified atom stereocenters. The van der Waals surface area contributed by atoms with Gasteiger partial charge in [-0.2, -0.15) is 0 Å². The van der Waals surface area contributed by atoms with E-state index in [0.717, 1.165) is 5.56 Å². The number of methoxy groups -OCH3 is 2. The van der Waals surface area contributed by atoms with Crippen LogP contribution in [0.3, 0.4) is 0 Å². The zero-order chi connectivity index (χ0) is 18.4. The fourth-order valence-corrected chi connectivity index (χ4v) is 4.76. The Balaban J connectivity index is 2.13. The Morgan fingerprint density at radius 2 is 2.08 bits per heavy atom.